The van der Waals surface area contributed by atoms with Gasteiger partial charge in [-0.3, -0.25) is 0 Å². The van der Waals surface area contributed by atoms with Gasteiger partial charge in [-0.25, -0.2) is 14.5 Å². The number of anilines is 2. The third-order valence-corrected chi connectivity index (χ3v) is 7.12. The number of pyridine rings is 1. The molecule has 43 heavy (non-hydrogen) atoms. The molecule has 1 unspecified atom stereocenters. The minimum absolute atomic E-state index is 0.0830. The number of carbonyl (C=O) groups excluding carboxylic acids is 1. The zero-order valence-electron chi connectivity index (χ0n) is 22.5. The molecule has 0 saturated carbocycles. The predicted molar refractivity (Wildman–Crippen MR) is 143 cm³/mol. The Labute approximate surface area is 241 Å². The molecule has 14 heteroatoms. The fraction of sp³-hybridized carbons (Fsp3) is 0.276. The lowest BCUT2D eigenvalue weighted by atomic mass is 9.91. The summed E-state index contributed by atoms with van der Waals surface area (Å²) in [5.41, 5.74) is 1.45. The zero-order valence-corrected chi connectivity index (χ0v) is 22.5. The first-order chi connectivity index (χ1) is 20.5. The first-order valence-electron chi connectivity index (χ1n) is 13.2. The summed E-state index contributed by atoms with van der Waals surface area (Å²) in [7, 11) is 1.28. The number of benzene rings is 2. The molecule has 224 valence electrons. The van der Waals surface area contributed by atoms with E-state index in [-0.39, 0.29) is 30.0 Å². The van der Waals surface area contributed by atoms with Crippen molar-refractivity contribution in [2.45, 2.75) is 44.3 Å². The quantitative estimate of drug-likeness (QED) is 0.183. The molecule has 2 aromatic carbocycles. The van der Waals surface area contributed by atoms with Gasteiger partial charge in [0.1, 0.15) is 5.82 Å². The molecule has 0 saturated heterocycles. The smallest absolute Gasteiger partial charge is 0.465 e. The molecular weight excluding hydrogens is 577 g/mol. The second-order valence-corrected chi connectivity index (χ2v) is 9.98. The Balaban J connectivity index is 1.28. The first-order valence-corrected chi connectivity index (χ1v) is 13.2. The van der Waals surface area contributed by atoms with Gasteiger partial charge >= 0.3 is 18.4 Å². The van der Waals surface area contributed by atoms with Crippen LogP contribution >= 0.6 is 0 Å². The van der Waals surface area contributed by atoms with Crippen molar-refractivity contribution in [2.24, 2.45) is 0 Å². The topological polar surface area (TPSA) is 99.5 Å². The number of nitrogens with one attached hydrogen (secondary N) is 2. The molecule has 0 bridgehead atoms. The second kappa shape index (κ2) is 10.7. The summed E-state index contributed by atoms with van der Waals surface area (Å²) < 4.78 is 84.0. The maximum atomic E-state index is 14.1. The fourth-order valence-electron chi connectivity index (χ4n) is 5.22. The van der Waals surface area contributed by atoms with Crippen molar-refractivity contribution in [3.8, 4) is 17.2 Å². The molecule has 9 nitrogen and oxygen atoms in total. The number of alkyl halides is 5. The van der Waals surface area contributed by atoms with Crippen LogP contribution in [-0.2, 0) is 23.9 Å². The summed E-state index contributed by atoms with van der Waals surface area (Å²) in [4.78, 5) is 16.0. The number of hydrogen-bond acceptors (Lipinski definition) is 8. The highest BCUT2D eigenvalue weighted by Gasteiger charge is 2.44. The second-order valence-electron chi connectivity index (χ2n) is 9.98. The van der Waals surface area contributed by atoms with Gasteiger partial charge in [-0.1, -0.05) is 6.07 Å². The van der Waals surface area contributed by atoms with Crippen molar-refractivity contribution in [1.82, 2.24) is 14.8 Å². The van der Waals surface area contributed by atoms with E-state index in [9.17, 15) is 26.7 Å². The van der Waals surface area contributed by atoms with E-state index in [4.69, 9.17) is 4.74 Å². The van der Waals surface area contributed by atoms with E-state index in [1.807, 2.05) is 0 Å². The maximum absolute atomic E-state index is 14.1. The van der Waals surface area contributed by atoms with Crippen molar-refractivity contribution in [1.29, 1.82) is 0 Å². The van der Waals surface area contributed by atoms with Crippen molar-refractivity contribution in [3.63, 3.8) is 0 Å². The van der Waals surface area contributed by atoms with E-state index in [1.165, 1.54) is 30.1 Å². The number of rotatable bonds is 7. The van der Waals surface area contributed by atoms with Gasteiger partial charge in [0.2, 0.25) is 0 Å². The van der Waals surface area contributed by atoms with Gasteiger partial charge < -0.3 is 24.8 Å². The Bertz CT molecular complexity index is 1670. The van der Waals surface area contributed by atoms with Crippen molar-refractivity contribution in [3.05, 3.63) is 88.9 Å². The van der Waals surface area contributed by atoms with Gasteiger partial charge in [-0.15, -0.1) is 8.78 Å². The zero-order chi connectivity index (χ0) is 30.4. The SMILES string of the molecule is COC(=O)c1ccc(NC2CCCc3c(C(F)(F)F)nn(-c4ccnc(NCc5ccc6c(c5)OC(F)(F)O6)c4)c32)cc1. The van der Waals surface area contributed by atoms with E-state index >= 15 is 0 Å². The van der Waals surface area contributed by atoms with E-state index in [1.54, 1.807) is 42.5 Å². The molecule has 0 fully saturated rings. The standard InChI is InChI=1S/C29H24F5N5O4/c1-41-27(40)17-6-8-18(9-7-17)37-21-4-2-3-20-25(21)39(38-26(20)28(30,31)32)19-11-12-35-24(14-19)36-15-16-5-10-22-23(13-16)43-29(33,34)42-22/h5-14,21,37H,2-4,15H2,1H3,(H,35,36). The van der Waals surface area contributed by atoms with Crippen LogP contribution in [0.2, 0.25) is 0 Å². The highest BCUT2D eigenvalue weighted by molar-refractivity contribution is 5.89. The molecule has 6 rings (SSSR count). The van der Waals surface area contributed by atoms with Gasteiger partial charge in [0, 0.05) is 30.1 Å². The molecule has 0 amide bonds. The van der Waals surface area contributed by atoms with E-state index in [0.29, 0.717) is 46.9 Å². The van der Waals surface area contributed by atoms with Gasteiger partial charge in [0.15, 0.2) is 17.2 Å². The number of esters is 1. The normalized spacial score (nSPS) is 16.8. The van der Waals surface area contributed by atoms with Crippen LogP contribution in [0.1, 0.15) is 51.8 Å². The summed E-state index contributed by atoms with van der Waals surface area (Å²) in [5, 5.41) is 10.4. The van der Waals surface area contributed by atoms with Crippen LogP contribution in [0.5, 0.6) is 11.5 Å². The first kappa shape index (κ1) is 28.2. The third kappa shape index (κ3) is 5.76. The molecular formula is C29H24F5N5O4. The average Bonchev–Trinajstić information content (AvgIpc) is 3.53. The van der Waals surface area contributed by atoms with Crippen LogP contribution in [-0.4, -0.2) is 34.1 Å². The monoisotopic (exact) mass is 601 g/mol. The Hall–Kier alpha value is -4.88. The lowest BCUT2D eigenvalue weighted by Crippen LogP contribution is -2.25. The fourth-order valence-corrected chi connectivity index (χ4v) is 5.22. The summed E-state index contributed by atoms with van der Waals surface area (Å²) >= 11 is 0. The van der Waals surface area contributed by atoms with E-state index in [0.717, 1.165) is 0 Å². The minimum Gasteiger partial charge on any atom is -0.465 e. The molecule has 0 spiro atoms. The molecule has 2 aromatic heterocycles. The molecule has 2 N–H and O–H groups in total. The highest BCUT2D eigenvalue weighted by Crippen LogP contribution is 2.42. The molecule has 1 atom stereocenters. The van der Waals surface area contributed by atoms with Crippen LogP contribution < -0.4 is 20.1 Å². The summed E-state index contributed by atoms with van der Waals surface area (Å²) in [6, 6.07) is 13.4. The third-order valence-electron chi connectivity index (χ3n) is 7.12. The maximum Gasteiger partial charge on any atom is 0.586 e. The lowest BCUT2D eigenvalue weighted by Gasteiger charge is -2.27. The summed E-state index contributed by atoms with van der Waals surface area (Å²) in [5.74, 6) is -0.355. The number of aromatic nitrogens is 3. The van der Waals surface area contributed by atoms with Crippen LogP contribution in [0.25, 0.3) is 5.69 Å². The average molecular weight is 602 g/mol. The van der Waals surface area contributed by atoms with Crippen LogP contribution in [0.3, 0.4) is 0 Å². The molecule has 1 aliphatic carbocycles. The van der Waals surface area contributed by atoms with E-state index < -0.39 is 30.2 Å². The number of halogens is 5. The Morgan fingerprint density at radius 2 is 1.86 bits per heavy atom. The Morgan fingerprint density at radius 3 is 2.60 bits per heavy atom. The predicted octanol–water partition coefficient (Wildman–Crippen LogP) is 6.50. The molecule has 0 radical (unpaired) electrons. The Morgan fingerprint density at radius 1 is 1.09 bits per heavy atom. The summed E-state index contributed by atoms with van der Waals surface area (Å²) in [6.45, 7) is 0.162. The molecule has 1 aliphatic heterocycles. The largest absolute Gasteiger partial charge is 0.586 e. The minimum atomic E-state index is -4.66. The number of carbonyl (C=O) groups is 1. The molecule has 2 aliphatic rings. The van der Waals surface area contributed by atoms with Gasteiger partial charge in [-0.05, 0) is 67.3 Å². The van der Waals surface area contributed by atoms with Gasteiger partial charge in [0.25, 0.3) is 0 Å². The highest BCUT2D eigenvalue weighted by atomic mass is 19.4. The number of hydrogen-bond donors (Lipinski definition) is 2. The van der Waals surface area contributed by atoms with Crippen molar-refractivity contribution < 1.29 is 41.0 Å². The number of methoxy groups -OCH3 is 1. The van der Waals surface area contributed by atoms with Crippen molar-refractivity contribution >= 4 is 17.5 Å². The van der Waals surface area contributed by atoms with Crippen LogP contribution in [0, 0.1) is 0 Å². The lowest BCUT2D eigenvalue weighted by molar-refractivity contribution is -0.286. The van der Waals surface area contributed by atoms with Crippen molar-refractivity contribution in [2.75, 3.05) is 17.7 Å². The van der Waals surface area contributed by atoms with Crippen LogP contribution in [0.15, 0.2) is 60.8 Å². The number of nitrogens with zero attached hydrogens (tertiary/aromatic N) is 3. The molecule has 4 aromatic rings. The van der Waals surface area contributed by atoms with Gasteiger partial charge in [-0.2, -0.15) is 18.3 Å². The van der Waals surface area contributed by atoms with Gasteiger partial charge in [0.05, 0.1) is 30.1 Å². The summed E-state index contributed by atoms with van der Waals surface area (Å²) in [6.07, 6.45) is -5.68. The molecule has 3 heterocycles. The Kier molecular flexibility index (Phi) is 7.06. The number of fused-ring (bicyclic) bond motifs is 2. The number of ether oxygens (including phenoxy) is 3. The van der Waals surface area contributed by atoms with E-state index in [2.05, 4.69) is 30.2 Å². The van der Waals surface area contributed by atoms with Crippen LogP contribution in [0.4, 0.5) is 33.5 Å².